The largest absolute Gasteiger partial charge is 0.396 e. The van der Waals surface area contributed by atoms with Crippen molar-refractivity contribution < 1.29 is 9.90 Å². The molecule has 1 aliphatic heterocycles. The maximum Gasteiger partial charge on any atom is 0.209 e. The van der Waals surface area contributed by atoms with Crippen molar-refractivity contribution in [2.24, 2.45) is 5.92 Å². The minimum absolute atomic E-state index is 0.0211. The molecule has 1 saturated heterocycles. The minimum Gasteiger partial charge on any atom is -0.396 e. The molecule has 27 heavy (non-hydrogen) atoms. The molecule has 2 aromatic rings. The van der Waals surface area contributed by atoms with Gasteiger partial charge < -0.3 is 14.6 Å². The first-order valence-corrected chi connectivity index (χ1v) is 10.8. The number of likely N-dealkylation sites (tertiary alicyclic amines) is 1. The Morgan fingerprint density at radius 2 is 2.04 bits per heavy atom. The highest BCUT2D eigenvalue weighted by Crippen LogP contribution is 2.31. The van der Waals surface area contributed by atoms with Crippen molar-refractivity contribution in [2.75, 3.05) is 25.4 Å². The predicted molar refractivity (Wildman–Crippen MR) is 111 cm³/mol. The second-order valence-corrected chi connectivity index (χ2v) is 9.63. The van der Waals surface area contributed by atoms with E-state index in [1.165, 1.54) is 10.4 Å². The molecule has 1 N–H and O–H groups in total. The fourth-order valence-electron chi connectivity index (χ4n) is 3.71. The normalized spacial score (nSPS) is 16.2. The van der Waals surface area contributed by atoms with Gasteiger partial charge >= 0.3 is 0 Å². The van der Waals surface area contributed by atoms with Gasteiger partial charge in [-0.05, 0) is 43.4 Å². The maximum absolute atomic E-state index is 11.0. The summed E-state index contributed by atoms with van der Waals surface area (Å²) in [6.07, 6.45) is 3.89. The van der Waals surface area contributed by atoms with E-state index in [1.807, 2.05) is 4.90 Å². The van der Waals surface area contributed by atoms with Crippen LogP contribution in [0.1, 0.15) is 45.9 Å². The quantitative estimate of drug-likeness (QED) is 0.446. The number of hydrogen-bond donors (Lipinski definition) is 1. The molecule has 0 aliphatic carbocycles. The van der Waals surface area contributed by atoms with Gasteiger partial charge in [-0.15, -0.1) is 11.8 Å². The average molecular weight is 390 g/mol. The van der Waals surface area contributed by atoms with Crippen LogP contribution < -0.4 is 0 Å². The molecule has 2 heterocycles. The first kappa shape index (κ1) is 20.2. The van der Waals surface area contributed by atoms with Gasteiger partial charge in [0.05, 0.1) is 11.0 Å². The average Bonchev–Trinajstić information content (AvgIpc) is 3.01. The first-order valence-electron chi connectivity index (χ1n) is 9.86. The molecule has 1 aliphatic rings. The number of thioether (sulfide) groups is 1. The van der Waals surface area contributed by atoms with Crippen LogP contribution in [0, 0.1) is 5.92 Å². The van der Waals surface area contributed by atoms with Gasteiger partial charge in [-0.25, -0.2) is 4.98 Å². The molecular weight excluding hydrogens is 358 g/mol. The zero-order chi connectivity index (χ0) is 19.4. The van der Waals surface area contributed by atoms with Gasteiger partial charge in [0.1, 0.15) is 5.82 Å². The lowest BCUT2D eigenvalue weighted by atomic mass is 9.93. The predicted octanol–water partition coefficient (Wildman–Crippen LogP) is 3.68. The van der Waals surface area contributed by atoms with Gasteiger partial charge in [0.25, 0.3) is 0 Å². The van der Waals surface area contributed by atoms with Crippen LogP contribution in [-0.2, 0) is 16.8 Å². The topological polar surface area (TPSA) is 58.4 Å². The molecule has 1 aromatic carbocycles. The maximum atomic E-state index is 11.0. The van der Waals surface area contributed by atoms with E-state index >= 15 is 0 Å². The Kier molecular flexibility index (Phi) is 6.48. The molecule has 0 radical (unpaired) electrons. The van der Waals surface area contributed by atoms with Crippen LogP contribution in [0.25, 0.3) is 11.0 Å². The number of hydrogen-bond acceptors (Lipinski definition) is 4. The third kappa shape index (κ3) is 4.85. The minimum atomic E-state index is -0.0211. The summed E-state index contributed by atoms with van der Waals surface area (Å²) in [4.78, 5) is 19.1. The lowest BCUT2D eigenvalue weighted by Gasteiger charge is -2.31. The number of imidazole rings is 1. The van der Waals surface area contributed by atoms with E-state index in [1.54, 1.807) is 11.8 Å². The van der Waals surface area contributed by atoms with Crippen molar-refractivity contribution in [1.29, 1.82) is 0 Å². The second-order valence-electron chi connectivity index (χ2n) is 8.46. The first-order chi connectivity index (χ1) is 12.9. The number of carbonyl (C=O) groups excluding carboxylic acids is 1. The van der Waals surface area contributed by atoms with Gasteiger partial charge in [0.2, 0.25) is 6.41 Å². The summed E-state index contributed by atoms with van der Waals surface area (Å²) >= 11 is 1.77. The van der Waals surface area contributed by atoms with Crippen LogP contribution in [0.2, 0.25) is 0 Å². The zero-order valence-electron chi connectivity index (χ0n) is 16.6. The zero-order valence-corrected chi connectivity index (χ0v) is 17.5. The number of aliphatic hydroxyl groups is 1. The molecule has 1 amide bonds. The third-order valence-electron chi connectivity index (χ3n) is 5.20. The Labute approximate surface area is 166 Å². The highest BCUT2D eigenvalue weighted by atomic mass is 32.2. The monoisotopic (exact) mass is 389 g/mol. The fourth-order valence-corrected chi connectivity index (χ4v) is 4.58. The molecular formula is C21H31N3O2S. The van der Waals surface area contributed by atoms with Crippen LogP contribution in [0.15, 0.2) is 23.1 Å². The molecule has 6 heteroatoms. The summed E-state index contributed by atoms with van der Waals surface area (Å²) in [5.41, 5.74) is 2.23. The van der Waals surface area contributed by atoms with E-state index in [0.717, 1.165) is 62.4 Å². The Balaban J connectivity index is 1.86. The number of nitrogens with zero attached hydrogens (tertiary/aromatic N) is 3. The highest BCUT2D eigenvalue weighted by molar-refractivity contribution is 7.99. The molecule has 3 rings (SSSR count). The van der Waals surface area contributed by atoms with Crippen LogP contribution in [-0.4, -0.2) is 51.4 Å². The van der Waals surface area contributed by atoms with Crippen LogP contribution >= 0.6 is 11.8 Å². The van der Waals surface area contributed by atoms with Crippen LogP contribution in [0.4, 0.5) is 0 Å². The summed E-state index contributed by atoms with van der Waals surface area (Å²) in [5, 5.41) is 8.98. The number of fused-ring (bicyclic) bond motifs is 1. The summed E-state index contributed by atoms with van der Waals surface area (Å²) < 4.78 is 2.40. The molecule has 5 nitrogen and oxygen atoms in total. The molecule has 0 unspecified atom stereocenters. The summed E-state index contributed by atoms with van der Waals surface area (Å²) in [7, 11) is 0. The molecule has 1 aromatic heterocycles. The number of rotatable bonds is 7. The molecule has 0 atom stereocenters. The third-order valence-corrected chi connectivity index (χ3v) is 6.28. The van der Waals surface area contributed by atoms with Gasteiger partial charge in [0.15, 0.2) is 0 Å². The van der Waals surface area contributed by atoms with E-state index in [2.05, 4.69) is 43.5 Å². The van der Waals surface area contributed by atoms with Crippen LogP contribution in [0.3, 0.4) is 0 Å². The summed E-state index contributed by atoms with van der Waals surface area (Å²) in [6.45, 7) is 9.58. The van der Waals surface area contributed by atoms with E-state index in [-0.39, 0.29) is 12.0 Å². The van der Waals surface area contributed by atoms with Crippen molar-refractivity contribution in [3.8, 4) is 0 Å². The lowest BCUT2D eigenvalue weighted by Crippen LogP contribution is -2.34. The number of piperidine rings is 1. The molecule has 0 spiro atoms. The Morgan fingerprint density at radius 1 is 1.30 bits per heavy atom. The smallest absolute Gasteiger partial charge is 0.209 e. The van der Waals surface area contributed by atoms with Crippen molar-refractivity contribution in [2.45, 2.75) is 56.9 Å². The van der Waals surface area contributed by atoms with E-state index < -0.39 is 0 Å². The van der Waals surface area contributed by atoms with Gasteiger partial charge in [0, 0.05) is 42.3 Å². The van der Waals surface area contributed by atoms with Gasteiger partial charge in [-0.3, -0.25) is 4.79 Å². The van der Waals surface area contributed by atoms with E-state index in [9.17, 15) is 4.79 Å². The lowest BCUT2D eigenvalue weighted by molar-refractivity contribution is -0.119. The van der Waals surface area contributed by atoms with Crippen molar-refractivity contribution in [1.82, 2.24) is 14.5 Å². The highest BCUT2D eigenvalue weighted by Gasteiger charge is 2.26. The number of amides is 1. The molecule has 0 bridgehead atoms. The van der Waals surface area contributed by atoms with Crippen molar-refractivity contribution in [3.63, 3.8) is 0 Å². The summed E-state index contributed by atoms with van der Waals surface area (Å²) in [6, 6.07) is 6.54. The van der Waals surface area contributed by atoms with Gasteiger partial charge in [-0.1, -0.05) is 20.8 Å². The molecule has 1 fully saturated rings. The Hall–Kier alpha value is -1.53. The Morgan fingerprint density at radius 3 is 2.67 bits per heavy atom. The number of benzene rings is 1. The van der Waals surface area contributed by atoms with Crippen molar-refractivity contribution in [3.05, 3.63) is 24.0 Å². The standard InChI is InChI=1S/C21H31N3O2S/c1-21(2,3)20-22-18-13-17(27-12-4-11-25)5-6-19(18)24(20)14-16-7-9-23(15-26)10-8-16/h5-6,13,15-16,25H,4,7-12,14H2,1-3H3. The molecule has 148 valence electrons. The van der Waals surface area contributed by atoms with E-state index in [4.69, 9.17) is 10.1 Å². The fraction of sp³-hybridized carbons (Fsp3) is 0.619. The van der Waals surface area contributed by atoms with Gasteiger partial charge in [-0.2, -0.15) is 0 Å². The number of aliphatic hydroxyl groups excluding tert-OH is 1. The number of aromatic nitrogens is 2. The summed E-state index contributed by atoms with van der Waals surface area (Å²) in [5.74, 6) is 2.63. The molecule has 0 saturated carbocycles. The second kappa shape index (κ2) is 8.65. The van der Waals surface area contributed by atoms with Crippen LogP contribution in [0.5, 0.6) is 0 Å². The van der Waals surface area contributed by atoms with E-state index in [0.29, 0.717) is 5.92 Å². The number of carbonyl (C=O) groups is 1. The SMILES string of the molecule is CC(C)(C)c1nc2cc(SCCCO)ccc2n1CC1CCN(C=O)CC1. The van der Waals surface area contributed by atoms with Crippen molar-refractivity contribution >= 4 is 29.2 Å². The Bertz CT molecular complexity index is 774.